The Balaban J connectivity index is 1.63. The van der Waals surface area contributed by atoms with Crippen molar-refractivity contribution in [2.24, 2.45) is 0 Å². The molecule has 27 heavy (non-hydrogen) atoms. The average molecular weight is 405 g/mol. The van der Waals surface area contributed by atoms with E-state index in [9.17, 15) is 14.0 Å². The first kappa shape index (κ1) is 19.0. The summed E-state index contributed by atoms with van der Waals surface area (Å²) < 4.78 is 18.9. The summed E-state index contributed by atoms with van der Waals surface area (Å²) in [5.41, 5.74) is 0.939. The fourth-order valence-corrected chi connectivity index (χ4v) is 3.13. The van der Waals surface area contributed by atoms with Gasteiger partial charge in [0.2, 0.25) is 0 Å². The summed E-state index contributed by atoms with van der Waals surface area (Å²) in [6.07, 6.45) is -1.13. The van der Waals surface area contributed by atoms with E-state index in [0.717, 1.165) is 11.6 Å². The van der Waals surface area contributed by atoms with E-state index in [2.05, 4.69) is 10.3 Å². The van der Waals surface area contributed by atoms with E-state index in [0.29, 0.717) is 5.01 Å². The number of nitrogens with zero attached hydrogens (tertiary/aromatic N) is 1. The van der Waals surface area contributed by atoms with Gasteiger partial charge in [0, 0.05) is 16.0 Å². The van der Waals surface area contributed by atoms with Crippen molar-refractivity contribution in [3.05, 3.63) is 70.4 Å². The fraction of sp³-hybridized carbons (Fsp3) is 0.105. The summed E-state index contributed by atoms with van der Waals surface area (Å²) >= 11 is 6.97. The molecule has 138 valence electrons. The molecule has 1 N–H and O–H groups in total. The zero-order valence-corrected chi connectivity index (χ0v) is 15.7. The van der Waals surface area contributed by atoms with Gasteiger partial charge in [0.1, 0.15) is 10.8 Å². The Kier molecular flexibility index (Phi) is 5.83. The minimum absolute atomic E-state index is 0.0488. The SMILES string of the molecule is C[C@@H](OC(=O)c1csc(-c2ccccc2)n1)C(=O)Nc1ccc(Cl)cc1F. The second-order valence-electron chi connectivity index (χ2n) is 5.56. The van der Waals surface area contributed by atoms with E-state index in [-0.39, 0.29) is 16.4 Å². The maximum Gasteiger partial charge on any atom is 0.358 e. The quantitative estimate of drug-likeness (QED) is 0.621. The zero-order chi connectivity index (χ0) is 19.4. The molecule has 5 nitrogen and oxygen atoms in total. The van der Waals surface area contributed by atoms with Crippen molar-refractivity contribution in [2.75, 3.05) is 5.32 Å². The Morgan fingerprint density at radius 1 is 1.22 bits per heavy atom. The summed E-state index contributed by atoms with van der Waals surface area (Å²) in [6, 6.07) is 13.2. The number of thiazole rings is 1. The van der Waals surface area contributed by atoms with E-state index >= 15 is 0 Å². The maximum atomic E-state index is 13.8. The van der Waals surface area contributed by atoms with Crippen molar-refractivity contribution in [1.82, 2.24) is 4.98 Å². The van der Waals surface area contributed by atoms with Gasteiger partial charge in [-0.25, -0.2) is 14.2 Å². The van der Waals surface area contributed by atoms with Gasteiger partial charge in [-0.3, -0.25) is 4.79 Å². The Hall–Kier alpha value is -2.77. The molecule has 0 bridgehead atoms. The van der Waals surface area contributed by atoms with Crippen LogP contribution in [0.15, 0.2) is 53.9 Å². The van der Waals surface area contributed by atoms with Crippen molar-refractivity contribution in [2.45, 2.75) is 13.0 Å². The average Bonchev–Trinajstić information content (AvgIpc) is 3.15. The van der Waals surface area contributed by atoms with Crippen LogP contribution in [-0.4, -0.2) is 23.0 Å². The van der Waals surface area contributed by atoms with E-state index in [1.807, 2.05) is 30.3 Å². The molecule has 0 aliphatic carbocycles. The molecule has 1 amide bonds. The molecule has 0 saturated carbocycles. The van der Waals surface area contributed by atoms with Crippen molar-refractivity contribution >= 4 is 40.5 Å². The summed E-state index contributed by atoms with van der Waals surface area (Å²) in [5.74, 6) is -2.07. The van der Waals surface area contributed by atoms with Crippen LogP contribution in [-0.2, 0) is 9.53 Å². The van der Waals surface area contributed by atoms with Crippen LogP contribution in [0, 0.1) is 5.82 Å². The number of carbonyl (C=O) groups is 2. The number of amides is 1. The first-order valence-corrected chi connectivity index (χ1v) is 9.17. The smallest absolute Gasteiger partial charge is 0.358 e. The second kappa shape index (κ2) is 8.28. The van der Waals surface area contributed by atoms with Crippen molar-refractivity contribution in [3.63, 3.8) is 0 Å². The van der Waals surface area contributed by atoms with E-state index < -0.39 is 23.8 Å². The molecule has 1 atom stereocenters. The van der Waals surface area contributed by atoms with Crippen LogP contribution < -0.4 is 5.32 Å². The van der Waals surface area contributed by atoms with Crippen molar-refractivity contribution in [1.29, 1.82) is 0 Å². The number of benzene rings is 2. The molecule has 3 aromatic rings. The van der Waals surface area contributed by atoms with Gasteiger partial charge in [0.05, 0.1) is 5.69 Å². The highest BCUT2D eigenvalue weighted by Crippen LogP contribution is 2.24. The molecule has 0 radical (unpaired) electrons. The lowest BCUT2D eigenvalue weighted by Gasteiger charge is -2.13. The van der Waals surface area contributed by atoms with Gasteiger partial charge < -0.3 is 10.1 Å². The number of hydrogen-bond acceptors (Lipinski definition) is 5. The molecule has 8 heteroatoms. The summed E-state index contributed by atoms with van der Waals surface area (Å²) in [5, 5.41) is 4.80. The normalized spacial score (nSPS) is 11.7. The number of anilines is 1. The van der Waals surface area contributed by atoms with Gasteiger partial charge in [0.25, 0.3) is 5.91 Å². The topological polar surface area (TPSA) is 68.3 Å². The van der Waals surface area contributed by atoms with Gasteiger partial charge in [-0.15, -0.1) is 11.3 Å². The summed E-state index contributed by atoms with van der Waals surface area (Å²) in [7, 11) is 0. The van der Waals surface area contributed by atoms with Crippen LogP contribution in [0.3, 0.4) is 0 Å². The molecule has 0 fully saturated rings. The highest BCUT2D eigenvalue weighted by atomic mass is 35.5. The third kappa shape index (κ3) is 4.69. The number of esters is 1. The molecule has 2 aromatic carbocycles. The second-order valence-corrected chi connectivity index (χ2v) is 6.86. The predicted molar refractivity (Wildman–Crippen MR) is 102 cm³/mol. The molecule has 0 saturated heterocycles. The summed E-state index contributed by atoms with van der Waals surface area (Å²) in [6.45, 7) is 1.39. The molecule has 1 aromatic heterocycles. The van der Waals surface area contributed by atoms with Gasteiger partial charge in [-0.2, -0.15) is 0 Å². The molecule has 1 heterocycles. The van der Waals surface area contributed by atoms with Gasteiger partial charge in [-0.05, 0) is 25.1 Å². The van der Waals surface area contributed by atoms with Crippen LogP contribution in [0.25, 0.3) is 10.6 Å². The summed E-state index contributed by atoms with van der Waals surface area (Å²) in [4.78, 5) is 28.6. The molecular formula is C19H14ClFN2O3S. The van der Waals surface area contributed by atoms with Gasteiger partial charge in [0.15, 0.2) is 11.8 Å². The molecule has 0 unspecified atom stereocenters. The van der Waals surface area contributed by atoms with Crippen LogP contribution in [0.5, 0.6) is 0 Å². The minimum Gasteiger partial charge on any atom is -0.448 e. The van der Waals surface area contributed by atoms with Crippen molar-refractivity contribution < 1.29 is 18.7 Å². The largest absolute Gasteiger partial charge is 0.448 e. The first-order chi connectivity index (χ1) is 12.9. The first-order valence-electron chi connectivity index (χ1n) is 7.92. The van der Waals surface area contributed by atoms with Crippen LogP contribution in [0.4, 0.5) is 10.1 Å². The van der Waals surface area contributed by atoms with Gasteiger partial charge >= 0.3 is 5.97 Å². The van der Waals surface area contributed by atoms with Crippen LogP contribution >= 0.6 is 22.9 Å². The highest BCUT2D eigenvalue weighted by Gasteiger charge is 2.22. The minimum atomic E-state index is -1.13. The standard InChI is InChI=1S/C19H14ClFN2O3S/c1-11(17(24)22-15-8-7-13(20)9-14(15)21)26-19(25)16-10-27-18(23-16)12-5-3-2-4-6-12/h2-11H,1H3,(H,22,24)/t11-/m1/s1. The lowest BCUT2D eigenvalue weighted by Crippen LogP contribution is -2.30. The number of hydrogen-bond donors (Lipinski definition) is 1. The van der Waals surface area contributed by atoms with Crippen LogP contribution in [0.1, 0.15) is 17.4 Å². The van der Waals surface area contributed by atoms with Crippen molar-refractivity contribution in [3.8, 4) is 10.6 Å². The van der Waals surface area contributed by atoms with E-state index in [1.54, 1.807) is 5.38 Å². The number of ether oxygens (including phenoxy) is 1. The monoisotopic (exact) mass is 404 g/mol. The number of carbonyl (C=O) groups excluding carboxylic acids is 2. The Labute approximate surface area is 163 Å². The lowest BCUT2D eigenvalue weighted by atomic mass is 10.2. The van der Waals surface area contributed by atoms with Gasteiger partial charge in [-0.1, -0.05) is 41.9 Å². The molecule has 0 spiro atoms. The molecule has 0 aliphatic rings. The lowest BCUT2D eigenvalue weighted by molar-refractivity contribution is -0.123. The number of halogens is 2. The van der Waals surface area contributed by atoms with E-state index in [1.165, 1.54) is 30.4 Å². The number of rotatable bonds is 5. The zero-order valence-electron chi connectivity index (χ0n) is 14.1. The third-order valence-corrected chi connectivity index (χ3v) is 4.70. The highest BCUT2D eigenvalue weighted by molar-refractivity contribution is 7.13. The maximum absolute atomic E-state index is 13.8. The fourth-order valence-electron chi connectivity index (χ4n) is 2.18. The molecular weight excluding hydrogens is 391 g/mol. The third-order valence-electron chi connectivity index (χ3n) is 3.58. The Morgan fingerprint density at radius 2 is 1.96 bits per heavy atom. The molecule has 0 aliphatic heterocycles. The number of aromatic nitrogens is 1. The Morgan fingerprint density at radius 3 is 2.67 bits per heavy atom. The molecule has 3 rings (SSSR count). The van der Waals surface area contributed by atoms with E-state index in [4.69, 9.17) is 16.3 Å². The Bertz CT molecular complexity index is 978. The number of nitrogens with one attached hydrogen (secondary N) is 1. The van der Waals surface area contributed by atoms with Crippen LogP contribution in [0.2, 0.25) is 5.02 Å². The predicted octanol–water partition coefficient (Wildman–Crippen LogP) is 4.79.